The second-order valence-electron chi connectivity index (χ2n) is 4.27. The van der Waals surface area contributed by atoms with Crippen molar-refractivity contribution in [3.05, 3.63) is 30.1 Å². The third kappa shape index (κ3) is 2.07. The summed E-state index contributed by atoms with van der Waals surface area (Å²) in [6.45, 7) is 2.66. The van der Waals surface area contributed by atoms with Crippen molar-refractivity contribution in [2.75, 3.05) is 6.61 Å². The second kappa shape index (κ2) is 4.61. The summed E-state index contributed by atoms with van der Waals surface area (Å²) in [7, 11) is 0. The predicted octanol–water partition coefficient (Wildman–Crippen LogP) is 0.811. The molecule has 1 fully saturated rings. The van der Waals surface area contributed by atoms with Crippen molar-refractivity contribution in [3.63, 3.8) is 0 Å². The van der Waals surface area contributed by atoms with E-state index in [9.17, 15) is 4.79 Å². The lowest BCUT2D eigenvalue weighted by atomic mass is 10.0. The molecule has 1 aromatic heterocycles. The van der Waals surface area contributed by atoms with Gasteiger partial charge in [-0.15, -0.1) is 0 Å². The predicted molar refractivity (Wildman–Crippen MR) is 59.4 cm³/mol. The van der Waals surface area contributed by atoms with Crippen LogP contribution in [0, 0.1) is 5.92 Å². The summed E-state index contributed by atoms with van der Waals surface area (Å²) in [5, 5.41) is 9.15. The first-order chi connectivity index (χ1) is 7.72. The zero-order valence-electron chi connectivity index (χ0n) is 9.34. The third-order valence-corrected chi connectivity index (χ3v) is 3.24. The van der Waals surface area contributed by atoms with Crippen molar-refractivity contribution < 1.29 is 9.90 Å². The summed E-state index contributed by atoms with van der Waals surface area (Å²) in [5.41, 5.74) is 1.03. The van der Waals surface area contributed by atoms with Gasteiger partial charge in [-0.25, -0.2) is 0 Å². The van der Waals surface area contributed by atoms with Crippen molar-refractivity contribution in [1.82, 2.24) is 9.88 Å². The molecule has 2 atom stereocenters. The minimum absolute atomic E-state index is 0.0733. The molecule has 4 nitrogen and oxygen atoms in total. The van der Waals surface area contributed by atoms with Gasteiger partial charge in [0.2, 0.25) is 5.91 Å². The fraction of sp³-hybridized carbons (Fsp3) is 0.500. The molecule has 1 amide bonds. The van der Waals surface area contributed by atoms with Crippen molar-refractivity contribution in [2.45, 2.75) is 25.9 Å². The zero-order valence-corrected chi connectivity index (χ0v) is 9.34. The number of hydrogen-bond acceptors (Lipinski definition) is 3. The van der Waals surface area contributed by atoms with Crippen molar-refractivity contribution in [3.8, 4) is 0 Å². The fourth-order valence-electron chi connectivity index (χ4n) is 2.13. The fourth-order valence-corrected chi connectivity index (χ4v) is 2.13. The van der Waals surface area contributed by atoms with Gasteiger partial charge < -0.3 is 10.0 Å². The number of carbonyl (C=O) groups is 1. The first-order valence-electron chi connectivity index (χ1n) is 5.51. The van der Waals surface area contributed by atoms with Crippen molar-refractivity contribution in [2.24, 2.45) is 5.92 Å². The van der Waals surface area contributed by atoms with E-state index in [4.69, 9.17) is 5.11 Å². The molecule has 2 unspecified atom stereocenters. The van der Waals surface area contributed by atoms with Gasteiger partial charge in [-0.1, -0.05) is 6.07 Å². The van der Waals surface area contributed by atoms with Crippen LogP contribution < -0.4 is 0 Å². The van der Waals surface area contributed by atoms with Crippen LogP contribution in [0.3, 0.4) is 0 Å². The maximum absolute atomic E-state index is 11.8. The number of carbonyl (C=O) groups excluding carboxylic acids is 1. The molecule has 0 aromatic carbocycles. The Kier molecular flexibility index (Phi) is 3.19. The maximum atomic E-state index is 11.8. The Morgan fingerprint density at radius 3 is 3.00 bits per heavy atom. The molecule has 1 saturated heterocycles. The van der Waals surface area contributed by atoms with Gasteiger partial charge in [0, 0.05) is 43.9 Å². The van der Waals surface area contributed by atoms with Gasteiger partial charge in [0.1, 0.15) is 0 Å². The van der Waals surface area contributed by atoms with Gasteiger partial charge in [-0.2, -0.15) is 0 Å². The first-order valence-corrected chi connectivity index (χ1v) is 5.51. The van der Waals surface area contributed by atoms with Gasteiger partial charge in [0.15, 0.2) is 0 Å². The third-order valence-electron chi connectivity index (χ3n) is 3.24. The molecule has 1 aliphatic heterocycles. The number of aliphatic hydroxyl groups is 1. The smallest absolute Gasteiger partial charge is 0.223 e. The summed E-state index contributed by atoms with van der Waals surface area (Å²) in [6.07, 6.45) is 3.94. The first kappa shape index (κ1) is 11.1. The molecule has 1 aliphatic rings. The normalized spacial score (nSPS) is 25.1. The number of pyridine rings is 1. The molecular formula is C12H16N2O2. The van der Waals surface area contributed by atoms with E-state index >= 15 is 0 Å². The Hall–Kier alpha value is -1.42. The molecule has 86 valence electrons. The standard InChI is InChI=1S/C12H16N2O2/c1-9-11(8-15)5-12(16)14(9)7-10-3-2-4-13-6-10/h2-4,6,9,11,15H,5,7-8H2,1H3. The Morgan fingerprint density at radius 1 is 1.62 bits per heavy atom. The summed E-state index contributed by atoms with van der Waals surface area (Å²) in [6, 6.07) is 3.93. The summed E-state index contributed by atoms with van der Waals surface area (Å²) >= 11 is 0. The highest BCUT2D eigenvalue weighted by molar-refractivity contribution is 5.79. The van der Waals surface area contributed by atoms with E-state index in [1.54, 1.807) is 12.4 Å². The molecule has 0 radical (unpaired) electrons. The number of aliphatic hydroxyl groups excluding tert-OH is 1. The van der Waals surface area contributed by atoms with Gasteiger partial charge in [-0.05, 0) is 18.6 Å². The summed E-state index contributed by atoms with van der Waals surface area (Å²) < 4.78 is 0. The Bertz CT molecular complexity index is 367. The quantitative estimate of drug-likeness (QED) is 0.820. The highest BCUT2D eigenvalue weighted by atomic mass is 16.3. The maximum Gasteiger partial charge on any atom is 0.223 e. The van der Waals surface area contributed by atoms with E-state index in [1.165, 1.54) is 0 Å². The van der Waals surface area contributed by atoms with Gasteiger partial charge in [-0.3, -0.25) is 9.78 Å². The summed E-state index contributed by atoms with van der Waals surface area (Å²) in [5.74, 6) is 0.194. The minimum atomic E-state index is 0.0733. The number of likely N-dealkylation sites (tertiary alicyclic amines) is 1. The molecule has 16 heavy (non-hydrogen) atoms. The van der Waals surface area contributed by atoms with E-state index in [1.807, 2.05) is 24.0 Å². The molecule has 1 aromatic rings. The van der Waals surface area contributed by atoms with E-state index in [2.05, 4.69) is 4.98 Å². The average Bonchev–Trinajstić information content (AvgIpc) is 2.58. The van der Waals surface area contributed by atoms with Crippen LogP contribution in [0.5, 0.6) is 0 Å². The molecule has 1 N–H and O–H groups in total. The molecule has 4 heteroatoms. The number of aromatic nitrogens is 1. The van der Waals surface area contributed by atoms with Gasteiger partial charge in [0.05, 0.1) is 0 Å². The Labute approximate surface area is 94.9 Å². The largest absolute Gasteiger partial charge is 0.396 e. The lowest BCUT2D eigenvalue weighted by molar-refractivity contribution is -0.129. The molecule has 0 aliphatic carbocycles. The molecule has 2 rings (SSSR count). The van der Waals surface area contributed by atoms with E-state index in [-0.39, 0.29) is 24.5 Å². The van der Waals surface area contributed by atoms with E-state index in [0.717, 1.165) is 5.56 Å². The summed E-state index contributed by atoms with van der Waals surface area (Å²) in [4.78, 5) is 17.6. The SMILES string of the molecule is CC1C(CO)CC(=O)N1Cc1cccnc1. The van der Waals surface area contributed by atoms with Gasteiger partial charge >= 0.3 is 0 Å². The number of amides is 1. The van der Waals surface area contributed by atoms with E-state index in [0.29, 0.717) is 13.0 Å². The number of nitrogens with zero attached hydrogens (tertiary/aromatic N) is 2. The van der Waals surface area contributed by atoms with Crippen LogP contribution in [-0.4, -0.2) is 33.5 Å². The molecular weight excluding hydrogens is 204 g/mol. The van der Waals surface area contributed by atoms with E-state index < -0.39 is 0 Å². The van der Waals surface area contributed by atoms with Crippen LogP contribution in [0.1, 0.15) is 18.9 Å². The zero-order chi connectivity index (χ0) is 11.5. The lowest BCUT2D eigenvalue weighted by Crippen LogP contribution is -2.33. The minimum Gasteiger partial charge on any atom is -0.396 e. The van der Waals surface area contributed by atoms with Crippen molar-refractivity contribution >= 4 is 5.91 Å². The Morgan fingerprint density at radius 2 is 2.44 bits per heavy atom. The van der Waals surface area contributed by atoms with Crippen LogP contribution in [0.25, 0.3) is 0 Å². The van der Waals surface area contributed by atoms with Crippen molar-refractivity contribution in [1.29, 1.82) is 0 Å². The molecule has 0 saturated carbocycles. The Balaban J connectivity index is 2.08. The highest BCUT2D eigenvalue weighted by Gasteiger charge is 2.35. The van der Waals surface area contributed by atoms with Crippen LogP contribution in [0.15, 0.2) is 24.5 Å². The highest BCUT2D eigenvalue weighted by Crippen LogP contribution is 2.26. The van der Waals surface area contributed by atoms with Crippen LogP contribution in [0.4, 0.5) is 0 Å². The lowest BCUT2D eigenvalue weighted by Gasteiger charge is -2.23. The number of rotatable bonds is 3. The van der Waals surface area contributed by atoms with Crippen LogP contribution >= 0.6 is 0 Å². The monoisotopic (exact) mass is 220 g/mol. The molecule has 0 spiro atoms. The molecule has 0 bridgehead atoms. The van der Waals surface area contributed by atoms with Gasteiger partial charge in [0.25, 0.3) is 0 Å². The number of hydrogen-bond donors (Lipinski definition) is 1. The molecule has 2 heterocycles. The second-order valence-corrected chi connectivity index (χ2v) is 4.27. The topological polar surface area (TPSA) is 53.4 Å². The average molecular weight is 220 g/mol. The van der Waals surface area contributed by atoms with Crippen LogP contribution in [-0.2, 0) is 11.3 Å². The van der Waals surface area contributed by atoms with Crippen LogP contribution in [0.2, 0.25) is 0 Å².